The molecule has 6 N–H and O–H groups in total. The Morgan fingerprint density at radius 3 is 2.03 bits per heavy atom. The fourth-order valence-corrected chi connectivity index (χ4v) is 13.7. The number of hydrogen-bond donors (Lipinski definition) is 6. The number of carbonyl (C=O) groups is 7. The lowest BCUT2D eigenvalue weighted by Gasteiger charge is -2.67. The number of nitrogens with zero attached hydrogens (tertiary/aromatic N) is 2. The average Bonchev–Trinajstić information content (AvgIpc) is 0.708. The van der Waals surface area contributed by atoms with Crippen molar-refractivity contribution in [3.05, 3.63) is 151 Å². The molecular formula is C64H76N4O20. The molecule has 4 fully saturated rings. The van der Waals surface area contributed by atoms with E-state index >= 15 is 4.79 Å². The molecule has 4 aromatic rings. The van der Waals surface area contributed by atoms with E-state index in [0.717, 1.165) is 18.4 Å². The molecule has 5 aliphatic rings. The molecule has 2 amide bonds. The maximum Gasteiger partial charge on any atom is 0.407 e. The Morgan fingerprint density at radius 1 is 0.795 bits per heavy atom. The van der Waals surface area contributed by atoms with Crippen LogP contribution in [0.2, 0.25) is 0 Å². The number of aliphatic hydroxyl groups is 4. The molecule has 2 aliphatic heterocycles. The highest BCUT2D eigenvalue weighted by Gasteiger charge is 2.79. The summed E-state index contributed by atoms with van der Waals surface area (Å²) in [6, 6.07) is 22.5. The Labute approximate surface area is 507 Å². The topological polar surface area (TPSA) is 333 Å². The van der Waals surface area contributed by atoms with Crippen molar-refractivity contribution in [3.63, 3.8) is 0 Å². The molecule has 3 heterocycles. The zero-order valence-corrected chi connectivity index (χ0v) is 50.1. The third kappa shape index (κ3) is 12.2. The number of hydrogen-bond acceptors (Lipinski definition) is 20. The molecule has 2 saturated carbocycles. The van der Waals surface area contributed by atoms with Crippen LogP contribution in [0.25, 0.3) is 0 Å². The van der Waals surface area contributed by atoms with E-state index in [0.29, 0.717) is 31.2 Å². The van der Waals surface area contributed by atoms with Crippen molar-refractivity contribution in [1.29, 1.82) is 0 Å². The number of benzene rings is 3. The molecular weight excluding hydrogens is 1140 g/mol. The quantitative estimate of drug-likeness (QED) is 0.0315. The number of fused-ring (bicyclic) bond motifs is 5. The largest absolute Gasteiger partial charge is 0.456 e. The van der Waals surface area contributed by atoms with E-state index in [2.05, 4.69) is 10.6 Å². The second kappa shape index (κ2) is 26.1. The Hall–Kier alpha value is -7.87. The van der Waals surface area contributed by atoms with Crippen LogP contribution in [0.1, 0.15) is 131 Å². The first kappa shape index (κ1) is 64.6. The average molecular weight is 1220 g/mol. The lowest BCUT2D eigenvalue weighted by molar-refractivity contribution is -0.345. The smallest absolute Gasteiger partial charge is 0.407 e. The molecule has 88 heavy (non-hydrogen) atoms. The van der Waals surface area contributed by atoms with Gasteiger partial charge in [-0.3, -0.25) is 33.1 Å². The van der Waals surface area contributed by atoms with Gasteiger partial charge in [-0.25, -0.2) is 19.2 Å². The van der Waals surface area contributed by atoms with Gasteiger partial charge in [0.1, 0.15) is 42.3 Å². The minimum atomic E-state index is -2.54. The molecule has 472 valence electrons. The van der Waals surface area contributed by atoms with Crippen LogP contribution < -0.4 is 21.9 Å². The van der Waals surface area contributed by atoms with Gasteiger partial charge in [0, 0.05) is 68.9 Å². The number of Topliss-reactive ketones (excluding diaryl/α,β-unsaturated/α-hetero) is 1. The summed E-state index contributed by atoms with van der Waals surface area (Å²) in [5, 5.41) is 51.5. The molecule has 0 spiro atoms. The van der Waals surface area contributed by atoms with Crippen molar-refractivity contribution >= 4 is 41.7 Å². The second-order valence-corrected chi connectivity index (χ2v) is 24.1. The van der Waals surface area contributed by atoms with Gasteiger partial charge in [-0.05, 0) is 74.6 Å². The molecule has 14 atom stereocenters. The predicted molar refractivity (Wildman–Crippen MR) is 310 cm³/mol. The van der Waals surface area contributed by atoms with Crippen molar-refractivity contribution in [2.75, 3.05) is 19.8 Å². The second-order valence-electron chi connectivity index (χ2n) is 24.1. The predicted octanol–water partition coefficient (Wildman–Crippen LogP) is 4.00. The minimum Gasteiger partial charge on any atom is -0.456 e. The summed E-state index contributed by atoms with van der Waals surface area (Å²) in [7, 11) is 0. The van der Waals surface area contributed by atoms with E-state index in [4.69, 9.17) is 33.2 Å². The van der Waals surface area contributed by atoms with E-state index in [1.54, 1.807) is 85.8 Å². The van der Waals surface area contributed by atoms with E-state index in [9.17, 15) is 58.8 Å². The van der Waals surface area contributed by atoms with Gasteiger partial charge in [0.2, 0.25) is 0 Å². The van der Waals surface area contributed by atoms with E-state index in [-0.39, 0.29) is 53.8 Å². The van der Waals surface area contributed by atoms with E-state index in [1.165, 1.54) is 50.6 Å². The van der Waals surface area contributed by atoms with Crippen LogP contribution in [0.3, 0.4) is 0 Å². The molecule has 2 bridgehead atoms. The Balaban J connectivity index is 1.03. The van der Waals surface area contributed by atoms with Gasteiger partial charge in [0.25, 0.3) is 11.5 Å². The number of alkyl carbamates (subject to hydrolysis) is 1. The zero-order chi connectivity index (χ0) is 63.6. The Bertz CT molecular complexity index is 3440. The van der Waals surface area contributed by atoms with Gasteiger partial charge < -0.3 is 64.2 Å². The van der Waals surface area contributed by atoms with Gasteiger partial charge in [0.05, 0.1) is 42.3 Å². The van der Waals surface area contributed by atoms with Crippen molar-refractivity contribution in [2.45, 2.75) is 172 Å². The van der Waals surface area contributed by atoms with Crippen molar-refractivity contribution < 1.29 is 87.1 Å². The fraction of sp³-hybridized carbons (Fsp3) is 0.516. The number of rotatable bonds is 20. The molecule has 9 rings (SSSR count). The molecule has 1 aromatic heterocycles. The number of aryl methyl sites for hydroxylation is 1. The first-order chi connectivity index (χ1) is 41.8. The van der Waals surface area contributed by atoms with Gasteiger partial charge in [-0.2, -0.15) is 0 Å². The van der Waals surface area contributed by atoms with Crippen LogP contribution in [-0.4, -0.2) is 151 Å². The summed E-state index contributed by atoms with van der Waals surface area (Å²) in [6.07, 6.45) is -11.9. The number of nitrogens with one attached hydrogen (secondary N) is 2. The number of amides is 2. The summed E-state index contributed by atoms with van der Waals surface area (Å²) >= 11 is 0. The fourth-order valence-electron chi connectivity index (χ4n) is 13.7. The van der Waals surface area contributed by atoms with Gasteiger partial charge in [-0.1, -0.05) is 93.4 Å². The first-order valence-corrected chi connectivity index (χ1v) is 29.5. The van der Waals surface area contributed by atoms with Crippen LogP contribution in [0.5, 0.6) is 0 Å². The normalized spacial score (nSPS) is 29.3. The monoisotopic (exact) mass is 1220 g/mol. The van der Waals surface area contributed by atoms with E-state index < -0.39 is 162 Å². The zero-order valence-electron chi connectivity index (χ0n) is 50.1. The summed E-state index contributed by atoms with van der Waals surface area (Å²) in [5.74, 6) is -7.40. The van der Waals surface area contributed by atoms with Gasteiger partial charge in [-0.15, -0.1) is 0 Å². The molecule has 2 saturated heterocycles. The molecule has 24 heteroatoms. The SMILES string of the molecule is CC(=O)O[C@H]1C(=O)C2(C)[C@@H](OC(=O)NCCCCCCn3c(=O)c(C)cn([C@@H]4CC(O)[C@H](CO)O4)c3=O)C[C@H]3OC[C@@]3(OC(C)=O)[C@H]2[C@H](OC(=O)c2ccccc2)[C@]2(O)C[C@H](OC(=O)[C@H](O)[C@@H](NC(=O)c3ccccc3)c3ccccc3)C(C)=C1C2(C)C. The number of esters is 4. The van der Waals surface area contributed by atoms with Crippen LogP contribution in [0.4, 0.5) is 4.79 Å². The Morgan fingerprint density at radius 2 is 1.43 bits per heavy atom. The number of aliphatic hydroxyl groups excluding tert-OH is 3. The maximum absolute atomic E-state index is 16.4. The number of carbonyl (C=O) groups excluding carboxylic acids is 7. The van der Waals surface area contributed by atoms with Gasteiger partial charge >= 0.3 is 35.7 Å². The molecule has 2 unspecified atom stereocenters. The number of aromatic nitrogens is 2. The van der Waals surface area contributed by atoms with Crippen LogP contribution in [0, 0.1) is 23.7 Å². The maximum atomic E-state index is 16.4. The number of ether oxygens (including phenoxy) is 7. The van der Waals surface area contributed by atoms with Crippen molar-refractivity contribution in [1.82, 2.24) is 19.8 Å². The van der Waals surface area contributed by atoms with Crippen molar-refractivity contribution in [3.8, 4) is 0 Å². The molecule has 3 aromatic carbocycles. The Kier molecular flexibility index (Phi) is 19.1. The molecule has 24 nitrogen and oxygen atoms in total. The third-order valence-electron chi connectivity index (χ3n) is 18.3. The highest BCUT2D eigenvalue weighted by atomic mass is 16.6. The van der Waals surface area contributed by atoms with Crippen molar-refractivity contribution in [2.24, 2.45) is 16.7 Å². The highest BCUT2D eigenvalue weighted by molar-refractivity contribution is 5.96. The molecule has 3 aliphatic carbocycles. The van der Waals surface area contributed by atoms with E-state index in [1.807, 2.05) is 0 Å². The first-order valence-electron chi connectivity index (χ1n) is 29.5. The molecule has 0 radical (unpaired) electrons. The highest BCUT2D eigenvalue weighted by Crippen LogP contribution is 2.65. The summed E-state index contributed by atoms with van der Waals surface area (Å²) < 4.78 is 45.5. The lowest BCUT2D eigenvalue weighted by atomic mass is 9.44. The number of unbranched alkanes of at least 4 members (excludes halogenated alkanes) is 3. The lowest BCUT2D eigenvalue weighted by Crippen LogP contribution is -2.82. The minimum absolute atomic E-state index is 0.00183. The third-order valence-corrected chi connectivity index (χ3v) is 18.3. The standard InChI is InChI=1S/C64H76N4O20/c1-35-32-68(47-29-42(72)44(33-69)84-47)60(80)67(56(35)76)28-20-9-8-19-27-65-59(79)86-45-30-46-63(34-82-46,88-38(4)71)52-54(87-57(77)41-25-17-12-18-26-41)64(81)31-43(36(2)48(61(64,5)6)51(83-37(3)70)53(74)62(45,52)7)85-58(78)50(73)49(39-21-13-10-14-22-39)66-55(75)40-23-15-11-16-24-40/h10-18,21-26,32,42-47,49-52,54,69,72-73,81H,8-9,19-20,27-31,33-34H2,1-7H3,(H,65,79)(H,66,75)/t42?,43-,44-,45-,46+,47-,49-,50+,51+,52-,54-,62?,63-,64+/m0/s1. The summed E-state index contributed by atoms with van der Waals surface area (Å²) in [6.45, 7) is 8.91. The number of ketones is 1. The summed E-state index contributed by atoms with van der Waals surface area (Å²) in [4.78, 5) is 127. The summed E-state index contributed by atoms with van der Waals surface area (Å²) in [5.41, 5.74) is -8.77. The van der Waals surface area contributed by atoms with Crippen LogP contribution >= 0.6 is 0 Å². The van der Waals surface area contributed by atoms with Crippen LogP contribution in [0.15, 0.2) is 118 Å². The van der Waals surface area contributed by atoms with Crippen LogP contribution in [-0.2, 0) is 58.9 Å². The van der Waals surface area contributed by atoms with Gasteiger partial charge in [0.15, 0.2) is 23.6 Å².